The quantitative estimate of drug-likeness (QED) is 0.660. The molecule has 7 heteroatoms. The highest BCUT2D eigenvalue weighted by Crippen LogP contribution is 2.31. The number of aromatic nitrogens is 4. The molecule has 1 aliphatic rings. The summed E-state index contributed by atoms with van der Waals surface area (Å²) in [5.41, 5.74) is 1.19. The highest BCUT2D eigenvalue weighted by Gasteiger charge is 2.25. The molecule has 0 N–H and O–H groups in total. The van der Waals surface area contributed by atoms with Crippen LogP contribution in [0.4, 0.5) is 0 Å². The van der Waals surface area contributed by atoms with Gasteiger partial charge in [-0.25, -0.2) is 14.3 Å². The van der Waals surface area contributed by atoms with Crippen molar-refractivity contribution in [2.45, 2.75) is 25.7 Å². The minimum absolute atomic E-state index is 0.221. The van der Waals surface area contributed by atoms with Crippen LogP contribution in [-0.4, -0.2) is 32.0 Å². The van der Waals surface area contributed by atoms with Crippen molar-refractivity contribution in [2.24, 2.45) is 5.92 Å². The standard InChI is InChI=1S/C18H21N4O2P/c1-25(2)12-21-17(23)15-16(19-11-20(15)10-13-8-9-13)22(18(21)24)14-6-4-3-5-7-14/h3-7,11,13H,8-10,12H2,1-2H3. The van der Waals surface area contributed by atoms with E-state index in [1.54, 1.807) is 10.9 Å². The molecule has 25 heavy (non-hydrogen) atoms. The van der Waals surface area contributed by atoms with Crippen LogP contribution in [0.2, 0.25) is 0 Å². The summed E-state index contributed by atoms with van der Waals surface area (Å²) in [4.78, 5) is 30.6. The van der Waals surface area contributed by atoms with Gasteiger partial charge >= 0.3 is 5.69 Å². The van der Waals surface area contributed by atoms with E-state index >= 15 is 0 Å². The second-order valence-corrected chi connectivity index (χ2v) is 9.36. The van der Waals surface area contributed by atoms with Crippen LogP contribution in [0.1, 0.15) is 12.8 Å². The first kappa shape index (κ1) is 16.3. The van der Waals surface area contributed by atoms with Crippen molar-refractivity contribution >= 4 is 19.1 Å². The lowest BCUT2D eigenvalue weighted by Gasteiger charge is -2.14. The smallest absolute Gasteiger partial charge is 0.324 e. The van der Waals surface area contributed by atoms with Crippen molar-refractivity contribution in [3.63, 3.8) is 0 Å². The van der Waals surface area contributed by atoms with Crippen molar-refractivity contribution in [1.29, 1.82) is 0 Å². The van der Waals surface area contributed by atoms with E-state index in [0.717, 1.165) is 12.2 Å². The zero-order valence-corrected chi connectivity index (χ0v) is 15.3. The maximum absolute atomic E-state index is 13.1. The minimum Gasteiger partial charge on any atom is -0.324 e. The average Bonchev–Trinajstić information content (AvgIpc) is 3.31. The van der Waals surface area contributed by atoms with E-state index < -0.39 is 7.92 Å². The van der Waals surface area contributed by atoms with Crippen molar-refractivity contribution in [2.75, 3.05) is 13.3 Å². The van der Waals surface area contributed by atoms with Crippen LogP contribution in [0.25, 0.3) is 16.9 Å². The van der Waals surface area contributed by atoms with Crippen LogP contribution in [0.15, 0.2) is 46.2 Å². The maximum Gasteiger partial charge on any atom is 0.337 e. The first-order valence-electron chi connectivity index (χ1n) is 8.47. The summed E-state index contributed by atoms with van der Waals surface area (Å²) in [5.74, 6) is 0.622. The molecule has 6 nitrogen and oxygen atoms in total. The van der Waals surface area contributed by atoms with Crippen LogP contribution in [0.3, 0.4) is 0 Å². The van der Waals surface area contributed by atoms with Crippen molar-refractivity contribution in [3.8, 4) is 5.69 Å². The number of benzene rings is 1. The van der Waals surface area contributed by atoms with Gasteiger partial charge in [-0.15, -0.1) is 0 Å². The second-order valence-electron chi connectivity index (χ2n) is 6.92. The van der Waals surface area contributed by atoms with Gasteiger partial charge < -0.3 is 4.57 Å². The number of para-hydroxylation sites is 1. The zero-order valence-electron chi connectivity index (χ0n) is 14.4. The molecule has 2 aromatic heterocycles. The van der Waals surface area contributed by atoms with Gasteiger partial charge in [-0.05, 0) is 44.2 Å². The Morgan fingerprint density at radius 2 is 1.88 bits per heavy atom. The molecule has 0 aliphatic heterocycles. The Morgan fingerprint density at radius 3 is 2.52 bits per heavy atom. The van der Waals surface area contributed by atoms with E-state index in [9.17, 15) is 9.59 Å². The third-order valence-electron chi connectivity index (χ3n) is 4.49. The molecule has 0 radical (unpaired) electrons. The van der Waals surface area contributed by atoms with Crippen LogP contribution in [0.5, 0.6) is 0 Å². The van der Waals surface area contributed by atoms with E-state index in [1.165, 1.54) is 17.4 Å². The van der Waals surface area contributed by atoms with Crippen LogP contribution < -0.4 is 11.2 Å². The summed E-state index contributed by atoms with van der Waals surface area (Å²) in [6.07, 6.45) is 4.56. The molecule has 0 spiro atoms. The van der Waals surface area contributed by atoms with E-state index in [4.69, 9.17) is 0 Å². The lowest BCUT2D eigenvalue weighted by Crippen LogP contribution is -2.39. The molecule has 2 heterocycles. The highest BCUT2D eigenvalue weighted by molar-refractivity contribution is 7.54. The number of fused-ring (bicyclic) bond motifs is 1. The molecule has 0 unspecified atom stereocenters. The lowest BCUT2D eigenvalue weighted by molar-refractivity contribution is 0.635. The number of rotatable bonds is 5. The van der Waals surface area contributed by atoms with Gasteiger partial charge in [0.05, 0.1) is 12.0 Å². The molecule has 1 aromatic carbocycles. The molecule has 0 saturated heterocycles. The van der Waals surface area contributed by atoms with E-state index in [1.807, 2.05) is 34.9 Å². The minimum atomic E-state index is -0.425. The third kappa shape index (κ3) is 2.95. The second kappa shape index (κ2) is 6.26. The van der Waals surface area contributed by atoms with E-state index in [-0.39, 0.29) is 11.2 Å². The fourth-order valence-electron chi connectivity index (χ4n) is 3.11. The third-order valence-corrected chi connectivity index (χ3v) is 5.34. The van der Waals surface area contributed by atoms with Gasteiger partial charge in [0.15, 0.2) is 11.2 Å². The summed E-state index contributed by atoms with van der Waals surface area (Å²) in [5, 5.41) is 0. The molecule has 1 aliphatic carbocycles. The Hall–Kier alpha value is -2.20. The Bertz CT molecular complexity index is 1030. The molecule has 130 valence electrons. The summed E-state index contributed by atoms with van der Waals surface area (Å²) >= 11 is 0. The summed E-state index contributed by atoms with van der Waals surface area (Å²) in [7, 11) is -0.425. The largest absolute Gasteiger partial charge is 0.337 e. The lowest BCUT2D eigenvalue weighted by atomic mass is 10.3. The first-order valence-corrected chi connectivity index (χ1v) is 10.9. The maximum atomic E-state index is 13.1. The summed E-state index contributed by atoms with van der Waals surface area (Å²) in [6.45, 7) is 4.94. The first-order chi connectivity index (χ1) is 12.1. The highest BCUT2D eigenvalue weighted by atomic mass is 31.1. The Balaban J connectivity index is 2.04. The molecule has 0 bridgehead atoms. The average molecular weight is 356 g/mol. The molecular weight excluding hydrogens is 335 g/mol. The monoisotopic (exact) mass is 356 g/mol. The van der Waals surface area contributed by atoms with Crippen LogP contribution in [0, 0.1) is 5.92 Å². The van der Waals surface area contributed by atoms with Crippen LogP contribution >= 0.6 is 7.92 Å². The predicted molar refractivity (Wildman–Crippen MR) is 101 cm³/mol. The molecule has 0 atom stereocenters. The fourth-order valence-corrected chi connectivity index (χ4v) is 3.93. The molecule has 4 rings (SSSR count). The van der Waals surface area contributed by atoms with Crippen molar-refractivity contribution < 1.29 is 0 Å². The fraction of sp³-hybridized carbons (Fsp3) is 0.389. The number of nitrogens with zero attached hydrogens (tertiary/aromatic N) is 4. The van der Waals surface area contributed by atoms with Gasteiger partial charge in [0, 0.05) is 12.8 Å². The van der Waals surface area contributed by atoms with Crippen LogP contribution in [-0.2, 0) is 12.8 Å². The number of hydrogen-bond acceptors (Lipinski definition) is 3. The van der Waals surface area contributed by atoms with Gasteiger partial charge in [-0.2, -0.15) is 0 Å². The zero-order chi connectivity index (χ0) is 17.6. The van der Waals surface area contributed by atoms with Gasteiger partial charge in [0.2, 0.25) is 0 Å². The molecule has 1 fully saturated rings. The Kier molecular flexibility index (Phi) is 4.08. The van der Waals surface area contributed by atoms with Gasteiger partial charge in [0.1, 0.15) is 0 Å². The summed E-state index contributed by atoms with van der Waals surface area (Å²) in [6, 6.07) is 9.42. The molecule has 0 amide bonds. The van der Waals surface area contributed by atoms with Crippen molar-refractivity contribution in [3.05, 3.63) is 57.5 Å². The van der Waals surface area contributed by atoms with Gasteiger partial charge in [-0.3, -0.25) is 9.36 Å². The SMILES string of the molecule is CP(C)Cn1c(=O)c2c(ncn2CC2CC2)n(-c2ccccc2)c1=O. The van der Waals surface area contributed by atoms with E-state index in [2.05, 4.69) is 18.3 Å². The van der Waals surface area contributed by atoms with E-state index in [0.29, 0.717) is 23.4 Å². The van der Waals surface area contributed by atoms with Gasteiger partial charge in [0.25, 0.3) is 5.56 Å². The number of hydrogen-bond donors (Lipinski definition) is 0. The Labute approximate surface area is 146 Å². The predicted octanol–water partition coefficient (Wildman–Crippen LogP) is 2.46. The molecular formula is C18H21N4O2P. The van der Waals surface area contributed by atoms with Crippen molar-refractivity contribution in [1.82, 2.24) is 18.7 Å². The number of imidazole rings is 1. The summed E-state index contributed by atoms with van der Waals surface area (Å²) < 4.78 is 4.88. The molecule has 3 aromatic rings. The topological polar surface area (TPSA) is 61.8 Å². The molecule has 1 saturated carbocycles. The Morgan fingerprint density at radius 1 is 1.16 bits per heavy atom. The normalized spacial score (nSPS) is 14.5. The van der Waals surface area contributed by atoms with Gasteiger partial charge in [-0.1, -0.05) is 26.1 Å².